The van der Waals surface area contributed by atoms with E-state index < -0.39 is 5.97 Å². The van der Waals surface area contributed by atoms with Crippen LogP contribution in [0, 0.1) is 0 Å². The molecule has 2 aromatic carbocycles. The van der Waals surface area contributed by atoms with E-state index in [1.165, 1.54) is 19.1 Å². The number of carbonyl (C=O) groups is 2. The lowest BCUT2D eigenvalue weighted by molar-refractivity contribution is 0.0696. The van der Waals surface area contributed by atoms with Crippen molar-refractivity contribution in [1.82, 2.24) is 0 Å². The van der Waals surface area contributed by atoms with Crippen molar-refractivity contribution in [3.05, 3.63) is 77.6 Å². The molecule has 0 amide bonds. The van der Waals surface area contributed by atoms with Gasteiger partial charge >= 0.3 is 5.97 Å². The molecule has 1 N–H and O–H groups in total. The van der Waals surface area contributed by atoms with Gasteiger partial charge < -0.3 is 9.52 Å². The Balaban J connectivity index is 1.78. The van der Waals surface area contributed by atoms with Crippen molar-refractivity contribution in [2.45, 2.75) is 6.92 Å². The smallest absolute Gasteiger partial charge is 0.335 e. The van der Waals surface area contributed by atoms with Gasteiger partial charge in [0.2, 0.25) is 0 Å². The summed E-state index contributed by atoms with van der Waals surface area (Å²) in [7, 11) is 0. The zero-order chi connectivity index (χ0) is 17.8. The predicted octanol–water partition coefficient (Wildman–Crippen LogP) is 4.60. The van der Waals surface area contributed by atoms with E-state index in [1.807, 2.05) is 18.2 Å². The van der Waals surface area contributed by atoms with Crippen LogP contribution in [0.3, 0.4) is 0 Å². The molecule has 1 aromatic heterocycles. The molecule has 0 atom stereocenters. The first-order valence-corrected chi connectivity index (χ1v) is 7.61. The number of carboxylic acid groups (broad SMARTS) is 1. The molecule has 1 heterocycles. The summed E-state index contributed by atoms with van der Waals surface area (Å²) in [6, 6.07) is 17.1. The van der Waals surface area contributed by atoms with Crippen LogP contribution in [0.1, 0.15) is 33.4 Å². The molecular weight excluding hydrogens is 318 g/mol. The number of ketones is 1. The Hall–Kier alpha value is -3.47. The highest BCUT2D eigenvalue weighted by molar-refractivity contribution is 5.95. The number of carbonyl (C=O) groups excluding carboxylic acids is 1. The third-order valence-corrected chi connectivity index (χ3v) is 3.64. The van der Waals surface area contributed by atoms with Gasteiger partial charge in [0.15, 0.2) is 5.78 Å². The number of hydrogen-bond donors (Lipinski definition) is 1. The van der Waals surface area contributed by atoms with E-state index in [0.717, 1.165) is 5.56 Å². The normalized spacial score (nSPS) is 10.9. The third kappa shape index (κ3) is 3.90. The Morgan fingerprint density at radius 2 is 1.76 bits per heavy atom. The van der Waals surface area contributed by atoms with Crippen LogP contribution >= 0.6 is 0 Å². The number of hydrogen-bond acceptors (Lipinski definition) is 4. The summed E-state index contributed by atoms with van der Waals surface area (Å²) in [6.07, 6.45) is 1.56. The quantitative estimate of drug-likeness (QED) is 0.546. The van der Waals surface area contributed by atoms with Crippen molar-refractivity contribution in [2.75, 3.05) is 0 Å². The number of aliphatic imine (C=N–C) groups is 1. The number of aromatic carboxylic acids is 1. The molecule has 0 saturated heterocycles. The topological polar surface area (TPSA) is 79.9 Å². The highest BCUT2D eigenvalue weighted by atomic mass is 16.4. The summed E-state index contributed by atoms with van der Waals surface area (Å²) < 4.78 is 5.73. The molecule has 0 saturated carbocycles. The molecule has 0 aliphatic rings. The van der Waals surface area contributed by atoms with Gasteiger partial charge in [-0.3, -0.25) is 9.79 Å². The largest absolute Gasteiger partial charge is 0.478 e. The van der Waals surface area contributed by atoms with E-state index in [9.17, 15) is 9.59 Å². The van der Waals surface area contributed by atoms with Crippen LogP contribution in [0.2, 0.25) is 0 Å². The number of benzene rings is 2. The lowest BCUT2D eigenvalue weighted by Gasteiger charge is -1.99. The van der Waals surface area contributed by atoms with Crippen LogP contribution < -0.4 is 0 Å². The number of nitrogens with zero attached hydrogens (tertiary/aromatic N) is 1. The Bertz CT molecular complexity index is 952. The van der Waals surface area contributed by atoms with Crippen molar-refractivity contribution >= 4 is 23.7 Å². The van der Waals surface area contributed by atoms with Gasteiger partial charge in [-0.25, -0.2) is 4.79 Å². The monoisotopic (exact) mass is 333 g/mol. The molecule has 0 fully saturated rings. The van der Waals surface area contributed by atoms with Gasteiger partial charge in [0.1, 0.15) is 11.5 Å². The maximum atomic E-state index is 11.5. The van der Waals surface area contributed by atoms with E-state index in [0.29, 0.717) is 22.8 Å². The van der Waals surface area contributed by atoms with Crippen LogP contribution in [0.15, 0.2) is 70.1 Å². The van der Waals surface area contributed by atoms with Gasteiger partial charge in [-0.1, -0.05) is 18.2 Å². The van der Waals surface area contributed by atoms with Gasteiger partial charge in [0.05, 0.1) is 17.5 Å². The minimum Gasteiger partial charge on any atom is -0.478 e. The highest BCUT2D eigenvalue weighted by Gasteiger charge is 2.06. The highest BCUT2D eigenvalue weighted by Crippen LogP contribution is 2.23. The molecule has 0 bridgehead atoms. The van der Waals surface area contributed by atoms with E-state index in [4.69, 9.17) is 9.52 Å². The van der Waals surface area contributed by atoms with Crippen molar-refractivity contribution in [3.63, 3.8) is 0 Å². The molecule has 0 unspecified atom stereocenters. The maximum Gasteiger partial charge on any atom is 0.335 e. The summed E-state index contributed by atoms with van der Waals surface area (Å²) in [4.78, 5) is 26.6. The van der Waals surface area contributed by atoms with Gasteiger partial charge in [-0.05, 0) is 49.4 Å². The Labute approximate surface area is 144 Å². The van der Waals surface area contributed by atoms with Crippen molar-refractivity contribution < 1.29 is 19.1 Å². The molecule has 0 aliphatic heterocycles. The first kappa shape index (κ1) is 16.4. The Kier molecular flexibility index (Phi) is 4.57. The van der Waals surface area contributed by atoms with Gasteiger partial charge in [0, 0.05) is 11.1 Å². The molecule has 0 radical (unpaired) electrons. The third-order valence-electron chi connectivity index (χ3n) is 3.64. The second-order valence-corrected chi connectivity index (χ2v) is 5.45. The molecule has 0 spiro atoms. The molecular formula is C20H15NO4. The first-order chi connectivity index (χ1) is 12.0. The molecule has 3 rings (SSSR count). The molecule has 5 nitrogen and oxygen atoms in total. The van der Waals surface area contributed by atoms with E-state index in [-0.39, 0.29) is 11.3 Å². The van der Waals surface area contributed by atoms with Crippen LogP contribution in [0.5, 0.6) is 0 Å². The van der Waals surface area contributed by atoms with Crippen LogP contribution in [-0.2, 0) is 0 Å². The van der Waals surface area contributed by atoms with Crippen molar-refractivity contribution in [3.8, 4) is 11.3 Å². The van der Waals surface area contributed by atoms with E-state index in [1.54, 1.807) is 36.5 Å². The molecule has 0 aliphatic carbocycles. The zero-order valence-electron chi connectivity index (χ0n) is 13.5. The average molecular weight is 333 g/mol. The first-order valence-electron chi connectivity index (χ1n) is 7.61. The van der Waals surface area contributed by atoms with Gasteiger partial charge in [-0.2, -0.15) is 0 Å². The Morgan fingerprint density at radius 3 is 2.44 bits per heavy atom. The SMILES string of the molecule is CC(=O)c1cccc(-c2ccc(C=Nc3ccc(C(=O)O)cc3)o2)c1. The fraction of sp³-hybridized carbons (Fsp3) is 0.0500. The Morgan fingerprint density at radius 1 is 1.00 bits per heavy atom. The minimum absolute atomic E-state index is 0.000000120. The van der Waals surface area contributed by atoms with Gasteiger partial charge in [0.25, 0.3) is 0 Å². The van der Waals surface area contributed by atoms with Gasteiger partial charge in [-0.15, -0.1) is 0 Å². The zero-order valence-corrected chi connectivity index (χ0v) is 13.5. The average Bonchev–Trinajstić information content (AvgIpc) is 3.09. The van der Waals surface area contributed by atoms with Crippen molar-refractivity contribution in [1.29, 1.82) is 0 Å². The maximum absolute atomic E-state index is 11.5. The number of rotatable bonds is 5. The predicted molar refractivity (Wildman–Crippen MR) is 94.8 cm³/mol. The molecule has 5 heteroatoms. The fourth-order valence-electron chi connectivity index (χ4n) is 2.30. The summed E-state index contributed by atoms with van der Waals surface area (Å²) in [5, 5.41) is 8.87. The summed E-state index contributed by atoms with van der Waals surface area (Å²) in [5.74, 6) is 0.232. The second kappa shape index (κ2) is 6.97. The van der Waals surface area contributed by atoms with Crippen LogP contribution in [0.4, 0.5) is 5.69 Å². The lowest BCUT2D eigenvalue weighted by atomic mass is 10.1. The van der Waals surface area contributed by atoms with Crippen LogP contribution in [-0.4, -0.2) is 23.1 Å². The molecule has 25 heavy (non-hydrogen) atoms. The summed E-state index contributed by atoms with van der Waals surface area (Å²) >= 11 is 0. The number of Topliss-reactive ketones (excluding diaryl/α,β-unsaturated/α-hetero) is 1. The summed E-state index contributed by atoms with van der Waals surface area (Å²) in [5.41, 5.74) is 2.28. The summed E-state index contributed by atoms with van der Waals surface area (Å²) in [6.45, 7) is 1.52. The lowest BCUT2D eigenvalue weighted by Crippen LogP contribution is -1.94. The molecule has 124 valence electrons. The fourth-order valence-corrected chi connectivity index (χ4v) is 2.30. The van der Waals surface area contributed by atoms with Crippen molar-refractivity contribution in [2.24, 2.45) is 4.99 Å². The van der Waals surface area contributed by atoms with Crippen LogP contribution in [0.25, 0.3) is 11.3 Å². The second-order valence-electron chi connectivity index (χ2n) is 5.45. The minimum atomic E-state index is -0.973. The standard InChI is InChI=1S/C20H15NO4/c1-13(22)15-3-2-4-16(11-15)19-10-9-18(25-19)12-21-17-7-5-14(6-8-17)20(23)24/h2-12H,1H3,(H,23,24). The van der Waals surface area contributed by atoms with E-state index >= 15 is 0 Å². The molecule has 3 aromatic rings. The number of furan rings is 1. The number of carboxylic acids is 1. The van der Waals surface area contributed by atoms with E-state index in [2.05, 4.69) is 4.99 Å².